The summed E-state index contributed by atoms with van der Waals surface area (Å²) in [4.78, 5) is 11.0. The molecule has 0 aliphatic carbocycles. The first-order valence-electron chi connectivity index (χ1n) is 6.31. The van der Waals surface area contributed by atoms with E-state index in [0.717, 1.165) is 5.75 Å². The third-order valence-corrected chi connectivity index (χ3v) is 2.85. The summed E-state index contributed by atoms with van der Waals surface area (Å²) in [6.07, 6.45) is -0.229. The number of hydrogen-bond acceptors (Lipinski definition) is 5. The largest absolute Gasteiger partial charge is 0.494 e. The number of aliphatic hydroxyl groups is 1. The summed E-state index contributed by atoms with van der Waals surface area (Å²) in [6.45, 7) is 2.51. The van der Waals surface area contributed by atoms with Crippen LogP contribution in [0, 0.1) is 0 Å². The maximum atomic E-state index is 11.0. The monoisotopic (exact) mass is 267 g/mol. The number of rotatable bonds is 7. The van der Waals surface area contributed by atoms with E-state index in [1.807, 2.05) is 6.92 Å². The number of methoxy groups -OCH3 is 1. The van der Waals surface area contributed by atoms with Gasteiger partial charge >= 0.3 is 5.97 Å². The molecule has 1 aromatic rings. The van der Waals surface area contributed by atoms with E-state index in [-0.39, 0.29) is 12.4 Å². The fraction of sp³-hybridized carbons (Fsp3) is 0.500. The lowest BCUT2D eigenvalue weighted by Crippen LogP contribution is -2.29. The predicted molar refractivity (Wildman–Crippen MR) is 71.8 cm³/mol. The molecule has 106 valence electrons. The molecule has 3 N–H and O–H groups in total. The third-order valence-electron chi connectivity index (χ3n) is 2.85. The van der Waals surface area contributed by atoms with Crippen molar-refractivity contribution in [3.8, 4) is 5.75 Å². The minimum Gasteiger partial charge on any atom is -0.494 e. The summed E-state index contributed by atoms with van der Waals surface area (Å²) in [6, 6.07) is 6.61. The Labute approximate surface area is 113 Å². The summed E-state index contributed by atoms with van der Waals surface area (Å²) in [5, 5.41) is 10.1. The van der Waals surface area contributed by atoms with E-state index in [9.17, 15) is 9.90 Å². The van der Waals surface area contributed by atoms with Crippen LogP contribution in [-0.4, -0.2) is 30.8 Å². The molecule has 1 rings (SSSR count). The molecule has 0 saturated heterocycles. The smallest absolute Gasteiger partial charge is 0.305 e. The van der Waals surface area contributed by atoms with Crippen molar-refractivity contribution in [2.24, 2.45) is 5.73 Å². The van der Waals surface area contributed by atoms with Gasteiger partial charge in [-0.2, -0.15) is 0 Å². The Morgan fingerprint density at radius 3 is 2.53 bits per heavy atom. The average Bonchev–Trinajstić information content (AvgIpc) is 2.44. The summed E-state index contributed by atoms with van der Waals surface area (Å²) in [5.74, 6) is 0.427. The molecule has 0 heterocycles. The first kappa shape index (κ1) is 15.5. The van der Waals surface area contributed by atoms with Gasteiger partial charge < -0.3 is 20.3 Å². The molecular formula is C14H21NO4. The molecule has 0 saturated carbocycles. The molecule has 0 aromatic heterocycles. The summed E-state index contributed by atoms with van der Waals surface area (Å²) < 4.78 is 9.86. The van der Waals surface area contributed by atoms with Gasteiger partial charge in [-0.25, -0.2) is 0 Å². The van der Waals surface area contributed by atoms with Crippen LogP contribution in [0.5, 0.6) is 5.75 Å². The first-order valence-corrected chi connectivity index (χ1v) is 6.31. The highest BCUT2D eigenvalue weighted by Gasteiger charge is 2.18. The number of esters is 1. The van der Waals surface area contributed by atoms with Crippen molar-refractivity contribution in [3.63, 3.8) is 0 Å². The number of nitrogens with two attached hydrogens (primary N) is 1. The van der Waals surface area contributed by atoms with Crippen molar-refractivity contribution >= 4 is 5.97 Å². The highest BCUT2D eigenvalue weighted by Crippen LogP contribution is 2.21. The van der Waals surface area contributed by atoms with E-state index in [1.165, 1.54) is 7.11 Å². The summed E-state index contributed by atoms with van der Waals surface area (Å²) >= 11 is 0. The number of carbonyl (C=O) groups is 1. The van der Waals surface area contributed by atoms with Crippen molar-refractivity contribution < 1.29 is 19.4 Å². The number of hydrogen-bond donors (Lipinski definition) is 2. The van der Waals surface area contributed by atoms with Gasteiger partial charge in [0.15, 0.2) is 0 Å². The molecule has 0 radical (unpaired) electrons. The molecule has 5 heteroatoms. The van der Waals surface area contributed by atoms with Gasteiger partial charge in [0.2, 0.25) is 0 Å². The lowest BCUT2D eigenvalue weighted by molar-refractivity contribution is -0.140. The molecule has 2 atom stereocenters. The molecule has 5 nitrogen and oxygen atoms in total. The van der Waals surface area contributed by atoms with Crippen LogP contribution in [0.25, 0.3) is 0 Å². The Balaban J connectivity index is 2.55. The van der Waals surface area contributed by atoms with Crippen molar-refractivity contribution in [3.05, 3.63) is 29.8 Å². The van der Waals surface area contributed by atoms with E-state index in [2.05, 4.69) is 4.74 Å². The molecule has 19 heavy (non-hydrogen) atoms. The minimum atomic E-state index is -0.805. The molecule has 0 amide bonds. The number of carbonyl (C=O) groups excluding carboxylic acids is 1. The van der Waals surface area contributed by atoms with Gasteiger partial charge in [-0.05, 0) is 31.0 Å². The maximum Gasteiger partial charge on any atom is 0.305 e. The van der Waals surface area contributed by atoms with Gasteiger partial charge in [0.1, 0.15) is 5.75 Å². The topological polar surface area (TPSA) is 81.8 Å². The Morgan fingerprint density at radius 2 is 2.00 bits per heavy atom. The zero-order valence-electron chi connectivity index (χ0n) is 11.3. The SMILES string of the molecule is CCOc1ccc(C(O)C(N)CCC(=O)OC)cc1. The average molecular weight is 267 g/mol. The zero-order valence-corrected chi connectivity index (χ0v) is 11.3. The summed E-state index contributed by atoms with van der Waals surface area (Å²) in [7, 11) is 1.33. The van der Waals surface area contributed by atoms with Crippen LogP contribution in [-0.2, 0) is 9.53 Å². The maximum absolute atomic E-state index is 11.0. The van der Waals surface area contributed by atoms with Gasteiger partial charge in [0.05, 0.1) is 19.8 Å². The predicted octanol–water partition coefficient (Wildman–Crippen LogP) is 1.40. The lowest BCUT2D eigenvalue weighted by atomic mass is 9.99. The molecular weight excluding hydrogens is 246 g/mol. The zero-order chi connectivity index (χ0) is 14.3. The van der Waals surface area contributed by atoms with Crippen molar-refractivity contribution in [1.29, 1.82) is 0 Å². The van der Waals surface area contributed by atoms with Crippen LogP contribution in [0.4, 0.5) is 0 Å². The molecule has 0 aliphatic heterocycles. The standard InChI is InChI=1S/C14H21NO4/c1-3-19-11-6-4-10(5-7-11)14(17)12(15)8-9-13(16)18-2/h4-7,12,14,17H,3,8-9,15H2,1-2H3. The van der Waals surface area contributed by atoms with Crippen LogP contribution >= 0.6 is 0 Å². The van der Waals surface area contributed by atoms with Crippen molar-refractivity contribution in [2.75, 3.05) is 13.7 Å². The van der Waals surface area contributed by atoms with Gasteiger partial charge in [-0.15, -0.1) is 0 Å². The van der Waals surface area contributed by atoms with E-state index in [4.69, 9.17) is 10.5 Å². The Bertz CT molecular complexity index is 391. The third kappa shape index (κ3) is 4.89. The van der Waals surface area contributed by atoms with Gasteiger partial charge in [-0.1, -0.05) is 12.1 Å². The molecule has 0 spiro atoms. The van der Waals surface area contributed by atoms with Gasteiger partial charge in [0, 0.05) is 12.5 Å². The Hall–Kier alpha value is -1.59. The summed E-state index contributed by atoms with van der Waals surface area (Å²) in [5.41, 5.74) is 6.57. The van der Waals surface area contributed by atoms with E-state index < -0.39 is 12.1 Å². The highest BCUT2D eigenvalue weighted by molar-refractivity contribution is 5.69. The van der Waals surface area contributed by atoms with E-state index in [1.54, 1.807) is 24.3 Å². The number of benzene rings is 1. The van der Waals surface area contributed by atoms with Crippen molar-refractivity contribution in [2.45, 2.75) is 31.9 Å². The van der Waals surface area contributed by atoms with Crippen molar-refractivity contribution in [1.82, 2.24) is 0 Å². The fourth-order valence-corrected chi connectivity index (χ4v) is 1.72. The van der Waals surface area contributed by atoms with Gasteiger partial charge in [0.25, 0.3) is 0 Å². The Kier molecular flexibility index (Phi) is 6.32. The quantitative estimate of drug-likeness (QED) is 0.730. The number of aliphatic hydroxyl groups excluding tert-OH is 1. The molecule has 2 unspecified atom stereocenters. The van der Waals surface area contributed by atoms with Crippen LogP contribution in [0.15, 0.2) is 24.3 Å². The molecule has 1 aromatic carbocycles. The normalized spacial score (nSPS) is 13.7. The Morgan fingerprint density at radius 1 is 1.37 bits per heavy atom. The fourth-order valence-electron chi connectivity index (χ4n) is 1.72. The van der Waals surface area contributed by atoms with Crippen LogP contribution in [0.2, 0.25) is 0 Å². The molecule has 0 aliphatic rings. The van der Waals surface area contributed by atoms with Crippen LogP contribution in [0.1, 0.15) is 31.4 Å². The van der Waals surface area contributed by atoms with E-state index >= 15 is 0 Å². The highest BCUT2D eigenvalue weighted by atomic mass is 16.5. The molecule has 0 bridgehead atoms. The van der Waals surface area contributed by atoms with Crippen LogP contribution in [0.3, 0.4) is 0 Å². The van der Waals surface area contributed by atoms with Gasteiger partial charge in [-0.3, -0.25) is 4.79 Å². The first-order chi connectivity index (χ1) is 9.08. The second-order valence-electron chi connectivity index (χ2n) is 4.23. The second kappa shape index (κ2) is 7.76. The minimum absolute atomic E-state index is 0.200. The molecule has 0 fully saturated rings. The van der Waals surface area contributed by atoms with Crippen LogP contribution < -0.4 is 10.5 Å². The van der Waals surface area contributed by atoms with E-state index in [0.29, 0.717) is 18.6 Å². The number of ether oxygens (including phenoxy) is 2. The lowest BCUT2D eigenvalue weighted by Gasteiger charge is -2.19. The second-order valence-corrected chi connectivity index (χ2v) is 4.23.